The first-order chi connectivity index (χ1) is 7.77. The molecule has 90 valence electrons. The summed E-state index contributed by atoms with van der Waals surface area (Å²) >= 11 is 0. The topological polar surface area (TPSA) is 44.1 Å². The zero-order valence-electron chi connectivity index (χ0n) is 10.1. The second-order valence-electron chi connectivity index (χ2n) is 3.78. The van der Waals surface area contributed by atoms with E-state index in [1.807, 2.05) is 6.20 Å². The molecule has 0 amide bonds. The normalized spacial score (nSPS) is 10.6. The molecule has 16 heavy (non-hydrogen) atoms. The smallest absolute Gasteiger partial charge is 0.168 e. The van der Waals surface area contributed by atoms with E-state index < -0.39 is 0 Å². The van der Waals surface area contributed by atoms with Gasteiger partial charge in [0.15, 0.2) is 5.78 Å². The Morgan fingerprint density at radius 1 is 1.38 bits per heavy atom. The van der Waals surface area contributed by atoms with E-state index in [0.717, 1.165) is 26.0 Å². The van der Waals surface area contributed by atoms with Gasteiger partial charge in [0.1, 0.15) is 0 Å². The van der Waals surface area contributed by atoms with Gasteiger partial charge in [0.05, 0.1) is 18.4 Å². The molecule has 0 aliphatic heterocycles. The second-order valence-corrected chi connectivity index (χ2v) is 3.78. The van der Waals surface area contributed by atoms with Crippen molar-refractivity contribution in [2.24, 2.45) is 0 Å². The van der Waals surface area contributed by atoms with Crippen LogP contribution in [-0.4, -0.2) is 28.8 Å². The number of hydrogen-bond acceptors (Lipinski definition) is 3. The van der Waals surface area contributed by atoms with Crippen molar-refractivity contribution in [2.45, 2.75) is 39.7 Å². The molecule has 1 aromatic heterocycles. The van der Waals surface area contributed by atoms with Crippen LogP contribution in [0.5, 0.6) is 0 Å². The van der Waals surface area contributed by atoms with Crippen molar-refractivity contribution in [3.05, 3.63) is 18.0 Å². The summed E-state index contributed by atoms with van der Waals surface area (Å²) in [5.74, 6) is 0.110. The number of carbonyl (C=O) groups is 1. The third-order valence-electron chi connectivity index (χ3n) is 2.23. The molecule has 0 atom stereocenters. The third-order valence-corrected chi connectivity index (χ3v) is 2.23. The molecule has 1 aromatic rings. The maximum Gasteiger partial charge on any atom is 0.168 e. The molecule has 0 aliphatic rings. The minimum absolute atomic E-state index is 0.110. The molecule has 4 heteroatoms. The van der Waals surface area contributed by atoms with Crippen molar-refractivity contribution in [3.63, 3.8) is 0 Å². The van der Waals surface area contributed by atoms with Crippen LogP contribution in [0.1, 0.15) is 43.5 Å². The fourth-order valence-electron chi connectivity index (χ4n) is 1.41. The highest BCUT2D eigenvalue weighted by atomic mass is 16.5. The average Bonchev–Trinajstić information content (AvgIpc) is 2.73. The van der Waals surface area contributed by atoms with Crippen LogP contribution in [0.25, 0.3) is 0 Å². The standard InChI is InChI=1S/C12H20N2O2/c1-3-6-14-10-11(9-13-14)12(15)5-8-16-7-4-2/h9-10H,3-8H2,1-2H3. The fourth-order valence-corrected chi connectivity index (χ4v) is 1.41. The van der Waals surface area contributed by atoms with E-state index in [0.29, 0.717) is 18.6 Å². The summed E-state index contributed by atoms with van der Waals surface area (Å²) < 4.78 is 7.09. The first-order valence-corrected chi connectivity index (χ1v) is 5.91. The van der Waals surface area contributed by atoms with Gasteiger partial charge in [-0.3, -0.25) is 9.48 Å². The van der Waals surface area contributed by atoms with E-state index in [2.05, 4.69) is 18.9 Å². The quantitative estimate of drug-likeness (QED) is 0.502. The van der Waals surface area contributed by atoms with Gasteiger partial charge in [0.2, 0.25) is 0 Å². The molecule has 0 unspecified atom stereocenters. The van der Waals surface area contributed by atoms with Crippen molar-refractivity contribution in [3.8, 4) is 0 Å². The van der Waals surface area contributed by atoms with E-state index in [-0.39, 0.29) is 5.78 Å². The Kier molecular flexibility index (Phi) is 5.78. The van der Waals surface area contributed by atoms with E-state index in [1.54, 1.807) is 10.9 Å². The SMILES string of the molecule is CCCOCCC(=O)c1cnn(CCC)c1. The Labute approximate surface area is 96.6 Å². The first-order valence-electron chi connectivity index (χ1n) is 5.91. The average molecular weight is 224 g/mol. The molecule has 1 heterocycles. The van der Waals surface area contributed by atoms with Gasteiger partial charge in [-0.15, -0.1) is 0 Å². The summed E-state index contributed by atoms with van der Waals surface area (Å²) in [6, 6.07) is 0. The lowest BCUT2D eigenvalue weighted by Crippen LogP contribution is -2.04. The molecule has 0 spiro atoms. The number of Topliss-reactive ketones (excluding diaryl/α,β-unsaturated/α-hetero) is 1. The summed E-state index contributed by atoms with van der Waals surface area (Å²) in [7, 11) is 0. The second kappa shape index (κ2) is 7.17. The molecule has 4 nitrogen and oxygen atoms in total. The predicted molar refractivity (Wildman–Crippen MR) is 62.6 cm³/mol. The van der Waals surface area contributed by atoms with Crippen molar-refractivity contribution in [1.82, 2.24) is 9.78 Å². The summed E-state index contributed by atoms with van der Waals surface area (Å²) in [5, 5.41) is 4.13. The Morgan fingerprint density at radius 2 is 2.19 bits per heavy atom. The van der Waals surface area contributed by atoms with E-state index in [1.165, 1.54) is 0 Å². The van der Waals surface area contributed by atoms with Crippen molar-refractivity contribution in [1.29, 1.82) is 0 Å². The molecule has 0 bridgehead atoms. The third kappa shape index (κ3) is 4.14. The molecule has 0 saturated carbocycles. The zero-order chi connectivity index (χ0) is 11.8. The summed E-state index contributed by atoms with van der Waals surface area (Å²) in [6.45, 7) is 6.23. The maximum absolute atomic E-state index is 11.7. The minimum Gasteiger partial charge on any atom is -0.381 e. The minimum atomic E-state index is 0.110. The molecule has 0 fully saturated rings. The number of aryl methyl sites for hydroxylation is 1. The van der Waals surface area contributed by atoms with Crippen molar-refractivity contribution >= 4 is 5.78 Å². The maximum atomic E-state index is 11.7. The lowest BCUT2D eigenvalue weighted by molar-refractivity contribution is 0.0878. The van der Waals surface area contributed by atoms with Gasteiger partial charge in [0.25, 0.3) is 0 Å². The molecular formula is C12H20N2O2. The van der Waals surface area contributed by atoms with E-state index in [4.69, 9.17) is 4.74 Å². The molecule has 0 radical (unpaired) electrons. The van der Waals surface area contributed by atoms with Crippen LogP contribution in [0.4, 0.5) is 0 Å². The predicted octanol–water partition coefficient (Wildman–Crippen LogP) is 2.29. The first kappa shape index (κ1) is 12.9. The van der Waals surface area contributed by atoms with Crippen molar-refractivity contribution < 1.29 is 9.53 Å². The summed E-state index contributed by atoms with van der Waals surface area (Å²) in [5.41, 5.74) is 0.688. The molecular weight excluding hydrogens is 204 g/mol. The van der Waals surface area contributed by atoms with Gasteiger partial charge in [-0.1, -0.05) is 13.8 Å². The van der Waals surface area contributed by atoms with Gasteiger partial charge in [-0.25, -0.2) is 0 Å². The number of aromatic nitrogens is 2. The van der Waals surface area contributed by atoms with Gasteiger partial charge in [-0.05, 0) is 12.8 Å². The number of rotatable bonds is 8. The highest BCUT2D eigenvalue weighted by Gasteiger charge is 2.08. The molecule has 0 saturated heterocycles. The zero-order valence-corrected chi connectivity index (χ0v) is 10.1. The van der Waals surface area contributed by atoms with Crippen LogP contribution in [0.2, 0.25) is 0 Å². The Balaban J connectivity index is 2.34. The van der Waals surface area contributed by atoms with Crippen LogP contribution in [0.3, 0.4) is 0 Å². The largest absolute Gasteiger partial charge is 0.381 e. The van der Waals surface area contributed by atoms with Crippen LogP contribution >= 0.6 is 0 Å². The monoisotopic (exact) mass is 224 g/mol. The van der Waals surface area contributed by atoms with E-state index in [9.17, 15) is 4.79 Å². The lowest BCUT2D eigenvalue weighted by Gasteiger charge is -2.00. The van der Waals surface area contributed by atoms with Crippen LogP contribution in [-0.2, 0) is 11.3 Å². The summed E-state index contributed by atoms with van der Waals surface area (Å²) in [4.78, 5) is 11.7. The Hall–Kier alpha value is -1.16. The van der Waals surface area contributed by atoms with Gasteiger partial charge >= 0.3 is 0 Å². The number of ether oxygens (including phenoxy) is 1. The highest BCUT2D eigenvalue weighted by molar-refractivity contribution is 5.95. The highest BCUT2D eigenvalue weighted by Crippen LogP contribution is 2.03. The summed E-state index contributed by atoms with van der Waals surface area (Å²) in [6.07, 6.45) is 5.90. The molecule has 0 aromatic carbocycles. The fraction of sp³-hybridized carbons (Fsp3) is 0.667. The Morgan fingerprint density at radius 3 is 2.88 bits per heavy atom. The van der Waals surface area contributed by atoms with E-state index >= 15 is 0 Å². The Bertz CT molecular complexity index is 321. The number of carbonyl (C=O) groups excluding carboxylic acids is 1. The number of nitrogens with zero attached hydrogens (tertiary/aromatic N) is 2. The lowest BCUT2D eigenvalue weighted by atomic mass is 10.2. The van der Waals surface area contributed by atoms with Crippen LogP contribution in [0.15, 0.2) is 12.4 Å². The number of hydrogen-bond donors (Lipinski definition) is 0. The number of ketones is 1. The molecule has 1 rings (SSSR count). The van der Waals surface area contributed by atoms with Crippen molar-refractivity contribution in [2.75, 3.05) is 13.2 Å². The molecule has 0 N–H and O–H groups in total. The molecule has 0 aliphatic carbocycles. The van der Waals surface area contributed by atoms with Gasteiger partial charge < -0.3 is 4.74 Å². The van der Waals surface area contributed by atoms with Gasteiger partial charge in [-0.2, -0.15) is 5.10 Å². The van der Waals surface area contributed by atoms with Crippen LogP contribution in [0, 0.1) is 0 Å². The van der Waals surface area contributed by atoms with Crippen LogP contribution < -0.4 is 0 Å². The van der Waals surface area contributed by atoms with Gasteiger partial charge in [0, 0.05) is 25.8 Å².